The first-order valence-electron chi connectivity index (χ1n) is 9.48. The highest BCUT2D eigenvalue weighted by atomic mass is 32.2. The van der Waals surface area contributed by atoms with Gasteiger partial charge in [-0.15, -0.1) is 0 Å². The molecule has 0 radical (unpaired) electrons. The summed E-state index contributed by atoms with van der Waals surface area (Å²) in [7, 11) is -3.62. The first-order valence-corrected chi connectivity index (χ1v) is 11.0. The SMILES string of the molecule is CC(C)c1ccc(NC(=O)c2ccc(S(=O)(=O)NC[C@@H]3CCCO3)cc2)cc1. The summed E-state index contributed by atoms with van der Waals surface area (Å²) in [5, 5.41) is 2.82. The van der Waals surface area contributed by atoms with Crippen LogP contribution in [0.4, 0.5) is 5.69 Å². The first-order chi connectivity index (χ1) is 13.3. The molecular weight excluding hydrogens is 376 g/mol. The predicted octanol–water partition coefficient (Wildman–Crippen LogP) is 3.52. The standard InChI is InChI=1S/C21H26N2O4S/c1-15(2)16-5-9-18(10-6-16)23-21(24)17-7-11-20(12-8-17)28(25,26)22-14-19-4-3-13-27-19/h5-12,15,19,22H,3-4,13-14H2,1-2H3,(H,23,24)/t19-/m0/s1. The number of nitrogens with one attached hydrogen (secondary N) is 2. The summed E-state index contributed by atoms with van der Waals surface area (Å²) in [6.45, 7) is 5.16. The number of anilines is 1. The van der Waals surface area contributed by atoms with E-state index in [1.54, 1.807) is 0 Å². The molecule has 0 unspecified atom stereocenters. The molecule has 0 spiro atoms. The van der Waals surface area contributed by atoms with Crippen molar-refractivity contribution in [2.75, 3.05) is 18.5 Å². The topological polar surface area (TPSA) is 84.5 Å². The molecular formula is C21H26N2O4S. The van der Waals surface area contributed by atoms with E-state index in [1.165, 1.54) is 29.8 Å². The van der Waals surface area contributed by atoms with Gasteiger partial charge < -0.3 is 10.1 Å². The van der Waals surface area contributed by atoms with Crippen LogP contribution in [-0.2, 0) is 14.8 Å². The summed E-state index contributed by atoms with van der Waals surface area (Å²) in [6.07, 6.45) is 1.75. The highest BCUT2D eigenvalue weighted by molar-refractivity contribution is 7.89. The minimum atomic E-state index is -3.62. The maximum absolute atomic E-state index is 12.4. The van der Waals surface area contributed by atoms with Crippen molar-refractivity contribution in [3.63, 3.8) is 0 Å². The molecule has 28 heavy (non-hydrogen) atoms. The molecule has 2 aromatic rings. The van der Waals surface area contributed by atoms with Crippen LogP contribution in [0.3, 0.4) is 0 Å². The van der Waals surface area contributed by atoms with Crippen molar-refractivity contribution < 1.29 is 17.9 Å². The lowest BCUT2D eigenvalue weighted by Crippen LogP contribution is -2.31. The van der Waals surface area contributed by atoms with Gasteiger partial charge in [0.15, 0.2) is 0 Å². The van der Waals surface area contributed by atoms with Crippen LogP contribution in [0.5, 0.6) is 0 Å². The van der Waals surface area contributed by atoms with Crippen molar-refractivity contribution in [2.24, 2.45) is 0 Å². The molecule has 0 saturated carbocycles. The predicted molar refractivity (Wildman–Crippen MR) is 109 cm³/mol. The Morgan fingerprint density at radius 2 is 1.79 bits per heavy atom. The van der Waals surface area contributed by atoms with Crippen LogP contribution in [0.25, 0.3) is 0 Å². The van der Waals surface area contributed by atoms with Crippen molar-refractivity contribution in [1.29, 1.82) is 0 Å². The number of amides is 1. The molecule has 1 amide bonds. The molecule has 0 bridgehead atoms. The Kier molecular flexibility index (Phi) is 6.49. The molecule has 150 valence electrons. The summed E-state index contributed by atoms with van der Waals surface area (Å²) in [5.41, 5.74) is 2.29. The van der Waals surface area contributed by atoms with Crippen molar-refractivity contribution in [2.45, 2.75) is 43.6 Å². The van der Waals surface area contributed by atoms with E-state index in [2.05, 4.69) is 23.9 Å². The smallest absolute Gasteiger partial charge is 0.255 e. The Balaban J connectivity index is 1.61. The summed E-state index contributed by atoms with van der Waals surface area (Å²) in [4.78, 5) is 12.5. The highest BCUT2D eigenvalue weighted by Crippen LogP contribution is 2.18. The number of carbonyl (C=O) groups is 1. The second-order valence-corrected chi connectivity index (χ2v) is 9.01. The van der Waals surface area contributed by atoms with E-state index in [9.17, 15) is 13.2 Å². The fraction of sp³-hybridized carbons (Fsp3) is 0.381. The number of sulfonamides is 1. The van der Waals surface area contributed by atoms with Crippen molar-refractivity contribution >= 4 is 21.6 Å². The van der Waals surface area contributed by atoms with Gasteiger partial charge in [-0.1, -0.05) is 26.0 Å². The van der Waals surface area contributed by atoms with E-state index in [4.69, 9.17) is 4.74 Å². The van der Waals surface area contributed by atoms with Gasteiger partial charge in [0.05, 0.1) is 11.0 Å². The van der Waals surface area contributed by atoms with Gasteiger partial charge in [0.25, 0.3) is 5.91 Å². The molecule has 0 aliphatic carbocycles. The summed E-state index contributed by atoms with van der Waals surface area (Å²) >= 11 is 0. The molecule has 1 aliphatic heterocycles. The first kappa shape index (κ1) is 20.5. The van der Waals surface area contributed by atoms with Crippen LogP contribution in [0, 0.1) is 0 Å². The van der Waals surface area contributed by atoms with Gasteiger partial charge in [0, 0.05) is 24.4 Å². The Bertz CT molecular complexity index is 900. The fourth-order valence-electron chi connectivity index (χ4n) is 3.03. The van der Waals surface area contributed by atoms with Crippen LogP contribution >= 0.6 is 0 Å². The van der Waals surface area contributed by atoms with E-state index in [0.717, 1.165) is 12.8 Å². The second-order valence-electron chi connectivity index (χ2n) is 7.24. The third-order valence-corrected chi connectivity index (χ3v) is 6.23. The van der Waals surface area contributed by atoms with Gasteiger partial charge in [-0.05, 0) is 60.7 Å². The van der Waals surface area contributed by atoms with E-state index in [0.29, 0.717) is 23.8 Å². The van der Waals surface area contributed by atoms with Gasteiger partial charge in [0.1, 0.15) is 0 Å². The Morgan fingerprint density at radius 3 is 2.36 bits per heavy atom. The van der Waals surface area contributed by atoms with Crippen LogP contribution in [0.2, 0.25) is 0 Å². The van der Waals surface area contributed by atoms with Crippen LogP contribution in [0.15, 0.2) is 53.4 Å². The number of hydrogen-bond acceptors (Lipinski definition) is 4. The third kappa shape index (κ3) is 5.19. The number of carbonyl (C=O) groups excluding carboxylic acids is 1. The Labute approximate surface area is 166 Å². The summed E-state index contributed by atoms with van der Waals surface area (Å²) < 4.78 is 32.8. The minimum Gasteiger partial charge on any atom is -0.377 e. The van der Waals surface area contributed by atoms with Crippen molar-refractivity contribution in [1.82, 2.24) is 4.72 Å². The van der Waals surface area contributed by atoms with Crippen LogP contribution in [-0.4, -0.2) is 33.6 Å². The Morgan fingerprint density at radius 1 is 1.11 bits per heavy atom. The average molecular weight is 403 g/mol. The molecule has 1 atom stereocenters. The van der Waals surface area contributed by atoms with Gasteiger partial charge >= 0.3 is 0 Å². The molecule has 6 nitrogen and oxygen atoms in total. The zero-order valence-corrected chi connectivity index (χ0v) is 17.0. The second kappa shape index (κ2) is 8.86. The average Bonchev–Trinajstić information content (AvgIpc) is 3.21. The van der Waals surface area contributed by atoms with Gasteiger partial charge in [-0.2, -0.15) is 0 Å². The third-order valence-electron chi connectivity index (χ3n) is 4.79. The molecule has 0 aromatic heterocycles. The van der Waals surface area contributed by atoms with Gasteiger partial charge in [-0.3, -0.25) is 4.79 Å². The van der Waals surface area contributed by atoms with E-state index in [-0.39, 0.29) is 23.5 Å². The number of rotatable bonds is 7. The van der Waals surface area contributed by atoms with Crippen LogP contribution < -0.4 is 10.0 Å². The quantitative estimate of drug-likeness (QED) is 0.742. The van der Waals surface area contributed by atoms with Crippen molar-refractivity contribution in [3.05, 3.63) is 59.7 Å². The molecule has 1 heterocycles. The minimum absolute atomic E-state index is 0.0677. The maximum atomic E-state index is 12.4. The lowest BCUT2D eigenvalue weighted by atomic mass is 10.0. The molecule has 2 N–H and O–H groups in total. The molecule has 1 aliphatic rings. The Hall–Kier alpha value is -2.22. The number of ether oxygens (including phenoxy) is 1. The van der Waals surface area contributed by atoms with E-state index in [1.807, 2.05) is 24.3 Å². The monoisotopic (exact) mass is 402 g/mol. The molecule has 7 heteroatoms. The fourth-order valence-corrected chi connectivity index (χ4v) is 4.10. The molecule has 2 aromatic carbocycles. The van der Waals surface area contributed by atoms with E-state index < -0.39 is 10.0 Å². The van der Waals surface area contributed by atoms with Gasteiger partial charge in [-0.25, -0.2) is 13.1 Å². The maximum Gasteiger partial charge on any atom is 0.255 e. The number of hydrogen-bond donors (Lipinski definition) is 2. The summed E-state index contributed by atoms with van der Waals surface area (Å²) in [5.74, 6) is 0.140. The zero-order valence-electron chi connectivity index (χ0n) is 16.1. The number of benzene rings is 2. The molecule has 3 rings (SSSR count). The zero-order chi connectivity index (χ0) is 20.1. The van der Waals surface area contributed by atoms with Gasteiger partial charge in [0.2, 0.25) is 10.0 Å². The van der Waals surface area contributed by atoms with Crippen molar-refractivity contribution in [3.8, 4) is 0 Å². The lowest BCUT2D eigenvalue weighted by Gasteiger charge is -2.12. The highest BCUT2D eigenvalue weighted by Gasteiger charge is 2.20. The lowest BCUT2D eigenvalue weighted by molar-refractivity contribution is 0.102. The van der Waals surface area contributed by atoms with Crippen LogP contribution in [0.1, 0.15) is 48.5 Å². The summed E-state index contributed by atoms with van der Waals surface area (Å²) in [6, 6.07) is 13.6. The van der Waals surface area contributed by atoms with E-state index >= 15 is 0 Å². The largest absolute Gasteiger partial charge is 0.377 e. The normalized spacial score (nSPS) is 17.0. The molecule has 1 fully saturated rings. The molecule has 1 saturated heterocycles.